The number of nitrogens with zero attached hydrogens (tertiary/aromatic N) is 2. The first-order chi connectivity index (χ1) is 5.65. The molecule has 0 aliphatic carbocycles. The number of hydrogen-bond donors (Lipinski definition) is 1. The maximum Gasteiger partial charge on any atom is 0.241 e. The number of nitrogens with one attached hydrogen (secondary N) is 1. The van der Waals surface area contributed by atoms with Crippen LogP contribution in [0, 0.1) is 5.41 Å². The molecule has 0 atom stereocenters. The average molecular weight is 190 g/mol. The van der Waals surface area contributed by atoms with Gasteiger partial charge in [-0.1, -0.05) is 0 Å². The SMILES string of the molecule is CN1CCN(C(=N)CCl)CC1=O. The van der Waals surface area contributed by atoms with Crippen molar-refractivity contribution in [2.45, 2.75) is 0 Å². The molecule has 0 aromatic heterocycles. The molecule has 0 spiro atoms. The fourth-order valence-corrected chi connectivity index (χ4v) is 1.24. The van der Waals surface area contributed by atoms with Crippen molar-refractivity contribution in [2.75, 3.05) is 32.6 Å². The summed E-state index contributed by atoms with van der Waals surface area (Å²) in [7, 11) is 1.77. The number of halogens is 1. The summed E-state index contributed by atoms with van der Waals surface area (Å²) in [5.41, 5.74) is 0. The number of amides is 1. The van der Waals surface area contributed by atoms with E-state index < -0.39 is 0 Å². The lowest BCUT2D eigenvalue weighted by molar-refractivity contribution is -0.132. The topological polar surface area (TPSA) is 47.4 Å². The fourth-order valence-electron chi connectivity index (χ4n) is 1.07. The summed E-state index contributed by atoms with van der Waals surface area (Å²) in [6.07, 6.45) is 0. The van der Waals surface area contributed by atoms with Gasteiger partial charge in [0.15, 0.2) is 0 Å². The molecule has 0 radical (unpaired) electrons. The maximum atomic E-state index is 11.2. The van der Waals surface area contributed by atoms with Gasteiger partial charge < -0.3 is 9.80 Å². The molecule has 0 aromatic carbocycles. The first-order valence-electron chi connectivity index (χ1n) is 3.77. The molecular formula is C7H12ClN3O. The van der Waals surface area contributed by atoms with Crippen molar-refractivity contribution in [1.82, 2.24) is 9.80 Å². The third-order valence-corrected chi connectivity index (χ3v) is 2.22. The summed E-state index contributed by atoms with van der Waals surface area (Å²) in [5, 5.41) is 7.41. The summed E-state index contributed by atoms with van der Waals surface area (Å²) in [5.74, 6) is 0.561. The minimum absolute atomic E-state index is 0.0520. The van der Waals surface area contributed by atoms with Crippen molar-refractivity contribution in [1.29, 1.82) is 5.41 Å². The molecule has 1 N–H and O–H groups in total. The minimum Gasteiger partial charge on any atom is -0.348 e. The van der Waals surface area contributed by atoms with Crippen LogP contribution in [0.5, 0.6) is 0 Å². The molecule has 12 heavy (non-hydrogen) atoms. The lowest BCUT2D eigenvalue weighted by Gasteiger charge is -2.32. The van der Waals surface area contributed by atoms with Crippen LogP contribution in [0.25, 0.3) is 0 Å². The maximum absolute atomic E-state index is 11.2. The zero-order chi connectivity index (χ0) is 9.14. The highest BCUT2D eigenvalue weighted by molar-refractivity contribution is 6.27. The van der Waals surface area contributed by atoms with Crippen LogP contribution in [0.4, 0.5) is 0 Å². The second kappa shape index (κ2) is 3.76. The summed E-state index contributed by atoms with van der Waals surface area (Å²) in [4.78, 5) is 14.5. The lowest BCUT2D eigenvalue weighted by Crippen LogP contribution is -2.50. The molecule has 0 saturated carbocycles. The van der Waals surface area contributed by atoms with Crippen LogP contribution >= 0.6 is 11.6 Å². The van der Waals surface area contributed by atoms with Crippen molar-refractivity contribution in [3.8, 4) is 0 Å². The van der Waals surface area contributed by atoms with Crippen molar-refractivity contribution >= 4 is 23.3 Å². The predicted octanol–water partition coefficient (Wildman–Crippen LogP) is -0.0235. The first kappa shape index (κ1) is 9.32. The Morgan fingerprint density at radius 2 is 2.33 bits per heavy atom. The zero-order valence-corrected chi connectivity index (χ0v) is 7.76. The number of carbonyl (C=O) groups excluding carboxylic acids is 1. The highest BCUT2D eigenvalue weighted by Gasteiger charge is 2.21. The van der Waals surface area contributed by atoms with Crippen LogP contribution in [-0.2, 0) is 4.79 Å². The summed E-state index contributed by atoms with van der Waals surface area (Å²) < 4.78 is 0. The van der Waals surface area contributed by atoms with Gasteiger partial charge in [-0.15, -0.1) is 11.6 Å². The molecule has 1 aliphatic heterocycles. The molecule has 1 aliphatic rings. The molecule has 4 nitrogen and oxygen atoms in total. The normalized spacial score (nSPS) is 18.3. The average Bonchev–Trinajstić information content (AvgIpc) is 2.08. The quantitative estimate of drug-likeness (QED) is 0.358. The molecule has 1 rings (SSSR count). The van der Waals surface area contributed by atoms with Gasteiger partial charge in [-0.2, -0.15) is 0 Å². The van der Waals surface area contributed by atoms with E-state index in [1.165, 1.54) is 0 Å². The number of rotatable bonds is 1. The van der Waals surface area contributed by atoms with Crippen molar-refractivity contribution in [3.05, 3.63) is 0 Å². The predicted molar refractivity (Wildman–Crippen MR) is 47.7 cm³/mol. The van der Waals surface area contributed by atoms with Gasteiger partial charge in [0.1, 0.15) is 5.84 Å². The Morgan fingerprint density at radius 3 is 2.83 bits per heavy atom. The molecule has 1 amide bonds. The van der Waals surface area contributed by atoms with Crippen LogP contribution in [0.15, 0.2) is 0 Å². The Labute approximate surface area is 76.6 Å². The molecule has 5 heteroatoms. The van der Waals surface area contributed by atoms with Crippen LogP contribution in [0.2, 0.25) is 0 Å². The minimum atomic E-state index is 0.0520. The van der Waals surface area contributed by atoms with Gasteiger partial charge in [0.25, 0.3) is 0 Å². The van der Waals surface area contributed by atoms with E-state index in [-0.39, 0.29) is 11.8 Å². The van der Waals surface area contributed by atoms with Gasteiger partial charge in [0.05, 0.1) is 12.4 Å². The Kier molecular flexibility index (Phi) is 2.92. The van der Waals surface area contributed by atoms with Gasteiger partial charge in [-0.3, -0.25) is 10.2 Å². The summed E-state index contributed by atoms with van der Waals surface area (Å²) >= 11 is 5.48. The van der Waals surface area contributed by atoms with E-state index >= 15 is 0 Å². The largest absolute Gasteiger partial charge is 0.348 e. The van der Waals surface area contributed by atoms with Crippen molar-refractivity contribution in [2.24, 2.45) is 0 Å². The monoisotopic (exact) mass is 189 g/mol. The number of carbonyl (C=O) groups is 1. The van der Waals surface area contributed by atoms with Crippen molar-refractivity contribution in [3.63, 3.8) is 0 Å². The second-order valence-electron chi connectivity index (χ2n) is 2.82. The van der Waals surface area contributed by atoms with Crippen LogP contribution < -0.4 is 0 Å². The number of amidine groups is 1. The summed E-state index contributed by atoms with van der Waals surface area (Å²) in [6.45, 7) is 1.69. The number of piperazine rings is 1. The molecule has 0 aromatic rings. The van der Waals surface area contributed by atoms with Gasteiger partial charge in [-0.25, -0.2) is 0 Å². The van der Waals surface area contributed by atoms with Gasteiger partial charge in [0.2, 0.25) is 5.91 Å². The number of likely N-dealkylation sites (N-methyl/N-ethyl adjacent to an activating group) is 1. The third-order valence-electron chi connectivity index (χ3n) is 1.97. The van der Waals surface area contributed by atoms with E-state index in [0.717, 1.165) is 0 Å². The zero-order valence-electron chi connectivity index (χ0n) is 7.01. The highest BCUT2D eigenvalue weighted by atomic mass is 35.5. The van der Waals surface area contributed by atoms with Crippen molar-refractivity contribution < 1.29 is 4.79 Å². The molecule has 1 heterocycles. The molecule has 68 valence electrons. The first-order valence-corrected chi connectivity index (χ1v) is 4.31. The summed E-state index contributed by atoms with van der Waals surface area (Å²) in [6, 6.07) is 0. The fraction of sp³-hybridized carbons (Fsp3) is 0.714. The van der Waals surface area contributed by atoms with E-state index in [4.69, 9.17) is 17.0 Å². The van der Waals surface area contributed by atoms with Crippen LogP contribution in [0.1, 0.15) is 0 Å². The molecule has 0 bridgehead atoms. The standard InChI is InChI=1S/C7H12ClN3O/c1-10-2-3-11(5-7(10)12)6(9)4-8/h9H,2-5H2,1H3. The smallest absolute Gasteiger partial charge is 0.241 e. The van der Waals surface area contributed by atoms with Gasteiger partial charge >= 0.3 is 0 Å². The molecular weight excluding hydrogens is 178 g/mol. The molecule has 1 saturated heterocycles. The van der Waals surface area contributed by atoms with E-state index in [9.17, 15) is 4.79 Å². The third kappa shape index (κ3) is 1.88. The molecule has 0 unspecified atom stereocenters. The van der Waals surface area contributed by atoms with E-state index in [0.29, 0.717) is 25.5 Å². The van der Waals surface area contributed by atoms with E-state index in [1.807, 2.05) is 0 Å². The van der Waals surface area contributed by atoms with E-state index in [2.05, 4.69) is 0 Å². The Hall–Kier alpha value is -0.770. The number of hydrogen-bond acceptors (Lipinski definition) is 2. The number of alkyl halides is 1. The molecule has 1 fully saturated rings. The van der Waals surface area contributed by atoms with E-state index in [1.54, 1.807) is 16.8 Å². The Bertz CT molecular complexity index is 205. The van der Waals surface area contributed by atoms with Gasteiger partial charge in [-0.05, 0) is 0 Å². The second-order valence-corrected chi connectivity index (χ2v) is 3.08. The lowest BCUT2D eigenvalue weighted by atomic mass is 10.3. The van der Waals surface area contributed by atoms with Gasteiger partial charge in [0, 0.05) is 20.1 Å². The van der Waals surface area contributed by atoms with Crippen LogP contribution in [-0.4, -0.2) is 54.1 Å². The van der Waals surface area contributed by atoms with Crippen LogP contribution in [0.3, 0.4) is 0 Å². The Balaban J connectivity index is 2.51. The Morgan fingerprint density at radius 1 is 1.67 bits per heavy atom. The highest BCUT2D eigenvalue weighted by Crippen LogP contribution is 2.01.